The molecule has 3 aromatic carbocycles. The van der Waals surface area contributed by atoms with Crippen molar-refractivity contribution in [1.82, 2.24) is 0 Å². The number of ether oxygens (including phenoxy) is 1. The topological polar surface area (TPSA) is 46.5 Å². The van der Waals surface area contributed by atoms with Crippen LogP contribution in [-0.2, 0) is 15.1 Å². The first-order valence-corrected chi connectivity index (χ1v) is 15.3. The molecule has 0 amide bonds. The number of rotatable bonds is 11. The van der Waals surface area contributed by atoms with Crippen molar-refractivity contribution in [3.8, 4) is 0 Å². The lowest BCUT2D eigenvalue weighted by atomic mass is 9.61. The quantitative estimate of drug-likeness (QED) is 0.189. The molecule has 0 aliphatic heterocycles. The smallest absolute Gasteiger partial charge is 0.159 e. The van der Waals surface area contributed by atoms with E-state index in [1.165, 1.54) is 5.57 Å². The summed E-state index contributed by atoms with van der Waals surface area (Å²) >= 11 is 0. The lowest BCUT2D eigenvalue weighted by Gasteiger charge is -2.45. The van der Waals surface area contributed by atoms with Crippen LogP contribution in [0.4, 0.5) is 0 Å². The monoisotopic (exact) mass is 560 g/mol. The first-order valence-electron chi connectivity index (χ1n) is 15.3. The van der Waals surface area contributed by atoms with Crippen LogP contribution in [0.1, 0.15) is 69.6 Å². The number of aliphatic hydroxyl groups is 1. The Morgan fingerprint density at radius 1 is 0.976 bits per heavy atom. The summed E-state index contributed by atoms with van der Waals surface area (Å²) in [6.07, 6.45) is 4.61. The third-order valence-electron chi connectivity index (χ3n) is 10.2. The SMILES string of the molecule is C=C[C@](C)(CCOC(c1ccccc1)(c1ccccc1)c1ccccc1)[C@@H](O)C(=C)[C@]12CCC(=O)C1=C(C)[C@H](C)CC2. The molecule has 5 rings (SSSR count). The summed E-state index contributed by atoms with van der Waals surface area (Å²) < 4.78 is 7.04. The Hall–Kier alpha value is -3.53. The maximum Gasteiger partial charge on any atom is 0.159 e. The van der Waals surface area contributed by atoms with Gasteiger partial charge in [-0.05, 0) is 60.8 Å². The third kappa shape index (κ3) is 5.03. The molecule has 218 valence electrons. The fourth-order valence-corrected chi connectivity index (χ4v) is 7.30. The molecule has 0 saturated heterocycles. The van der Waals surface area contributed by atoms with Crippen LogP contribution >= 0.6 is 0 Å². The van der Waals surface area contributed by atoms with Gasteiger partial charge in [0.25, 0.3) is 0 Å². The fourth-order valence-electron chi connectivity index (χ4n) is 7.30. The molecule has 0 spiro atoms. The molecule has 1 fully saturated rings. The van der Waals surface area contributed by atoms with E-state index in [-0.39, 0.29) is 5.78 Å². The predicted octanol–water partition coefficient (Wildman–Crippen LogP) is 8.59. The van der Waals surface area contributed by atoms with Crippen LogP contribution in [0.5, 0.6) is 0 Å². The van der Waals surface area contributed by atoms with Gasteiger partial charge in [0.1, 0.15) is 5.60 Å². The number of benzene rings is 3. The van der Waals surface area contributed by atoms with Crippen LogP contribution < -0.4 is 0 Å². The summed E-state index contributed by atoms with van der Waals surface area (Å²) in [5.74, 6) is 0.593. The van der Waals surface area contributed by atoms with Gasteiger partial charge >= 0.3 is 0 Å². The first-order chi connectivity index (χ1) is 20.2. The molecule has 3 heteroatoms. The Balaban J connectivity index is 1.47. The molecule has 1 saturated carbocycles. The number of allylic oxidation sites excluding steroid dienone is 2. The van der Waals surface area contributed by atoms with Gasteiger partial charge in [0.15, 0.2) is 5.78 Å². The van der Waals surface area contributed by atoms with E-state index < -0.39 is 22.5 Å². The van der Waals surface area contributed by atoms with Crippen molar-refractivity contribution in [2.45, 2.75) is 64.6 Å². The summed E-state index contributed by atoms with van der Waals surface area (Å²) in [6, 6.07) is 31.0. The van der Waals surface area contributed by atoms with E-state index in [2.05, 4.69) is 63.4 Å². The lowest BCUT2D eigenvalue weighted by Crippen LogP contribution is -2.42. The van der Waals surface area contributed by atoms with Crippen LogP contribution in [0.3, 0.4) is 0 Å². The van der Waals surface area contributed by atoms with E-state index >= 15 is 0 Å². The van der Waals surface area contributed by atoms with E-state index in [4.69, 9.17) is 4.74 Å². The highest BCUT2D eigenvalue weighted by Crippen LogP contribution is 2.57. The van der Waals surface area contributed by atoms with Gasteiger partial charge < -0.3 is 9.84 Å². The molecule has 0 radical (unpaired) electrons. The van der Waals surface area contributed by atoms with Gasteiger partial charge in [-0.2, -0.15) is 0 Å². The second kappa shape index (κ2) is 12.0. The van der Waals surface area contributed by atoms with Crippen molar-refractivity contribution in [2.75, 3.05) is 6.61 Å². The Kier molecular flexibility index (Phi) is 8.55. The number of aliphatic hydroxyl groups excluding tert-OH is 1. The average molecular weight is 561 g/mol. The molecule has 2 aliphatic rings. The zero-order valence-electron chi connectivity index (χ0n) is 25.3. The fraction of sp³-hybridized carbons (Fsp3) is 0.359. The average Bonchev–Trinajstić information content (AvgIpc) is 3.39. The van der Waals surface area contributed by atoms with E-state index in [9.17, 15) is 9.90 Å². The molecule has 2 aliphatic carbocycles. The van der Waals surface area contributed by atoms with Crippen molar-refractivity contribution in [3.63, 3.8) is 0 Å². The summed E-state index contributed by atoms with van der Waals surface area (Å²) in [7, 11) is 0. The summed E-state index contributed by atoms with van der Waals surface area (Å²) in [6.45, 7) is 15.3. The van der Waals surface area contributed by atoms with E-state index in [0.717, 1.165) is 47.1 Å². The van der Waals surface area contributed by atoms with E-state index in [0.29, 0.717) is 25.4 Å². The van der Waals surface area contributed by atoms with Gasteiger partial charge in [0.2, 0.25) is 0 Å². The van der Waals surface area contributed by atoms with Crippen LogP contribution in [0.25, 0.3) is 0 Å². The second-order valence-electron chi connectivity index (χ2n) is 12.5. The van der Waals surface area contributed by atoms with Crippen LogP contribution in [0, 0.1) is 16.7 Å². The van der Waals surface area contributed by atoms with Crippen LogP contribution in [-0.4, -0.2) is 23.6 Å². The zero-order valence-corrected chi connectivity index (χ0v) is 25.3. The van der Waals surface area contributed by atoms with E-state index in [1.54, 1.807) is 0 Å². The number of hydrogen-bond donors (Lipinski definition) is 1. The number of Topliss-reactive ketones (excluding diaryl/α,β-unsaturated/α-hetero) is 1. The summed E-state index contributed by atoms with van der Waals surface area (Å²) in [5.41, 5.74) is 3.94. The molecule has 3 nitrogen and oxygen atoms in total. The number of ketones is 1. The molecule has 0 bridgehead atoms. The molecule has 0 heterocycles. The number of fused-ring (bicyclic) bond motifs is 1. The van der Waals surface area contributed by atoms with Crippen LogP contribution in [0.15, 0.2) is 127 Å². The molecule has 3 aromatic rings. The maximum absolute atomic E-state index is 13.1. The number of carbonyl (C=O) groups excluding carboxylic acids is 1. The Bertz CT molecular complexity index is 1360. The Morgan fingerprint density at radius 2 is 1.48 bits per heavy atom. The molecular formula is C39H44O3. The van der Waals surface area contributed by atoms with Gasteiger partial charge in [-0.15, -0.1) is 6.58 Å². The van der Waals surface area contributed by atoms with Gasteiger partial charge in [0.05, 0.1) is 6.10 Å². The molecule has 1 N–H and O–H groups in total. The second-order valence-corrected chi connectivity index (χ2v) is 12.5. The largest absolute Gasteiger partial charge is 0.388 e. The minimum absolute atomic E-state index is 0.217. The Morgan fingerprint density at radius 3 is 1.95 bits per heavy atom. The molecular weight excluding hydrogens is 516 g/mol. The third-order valence-corrected chi connectivity index (χ3v) is 10.2. The number of hydrogen-bond acceptors (Lipinski definition) is 3. The molecule has 0 unspecified atom stereocenters. The summed E-state index contributed by atoms with van der Waals surface area (Å²) in [5, 5.41) is 12.0. The minimum Gasteiger partial charge on any atom is -0.388 e. The predicted molar refractivity (Wildman–Crippen MR) is 171 cm³/mol. The highest BCUT2D eigenvalue weighted by atomic mass is 16.5. The van der Waals surface area contributed by atoms with Crippen molar-refractivity contribution in [3.05, 3.63) is 144 Å². The van der Waals surface area contributed by atoms with Gasteiger partial charge in [-0.25, -0.2) is 0 Å². The molecule has 42 heavy (non-hydrogen) atoms. The molecule has 4 atom stereocenters. The van der Waals surface area contributed by atoms with Crippen molar-refractivity contribution < 1.29 is 14.6 Å². The summed E-state index contributed by atoms with van der Waals surface area (Å²) in [4.78, 5) is 13.1. The standard InChI is InChI=1S/C39H44O3/c1-6-37(5,36(41)30(4)38-24-22-28(2)29(3)35(38)34(40)23-25-38)26-27-42-39(31-16-10-7-11-17-31,32-18-12-8-13-19-32)33-20-14-9-15-21-33/h6-21,28,36,41H,1,4,22-27H2,2-3,5H3/t28-,36+,37-,38+/m1/s1. The number of carbonyl (C=O) groups is 1. The minimum atomic E-state index is -0.861. The van der Waals surface area contributed by atoms with Crippen molar-refractivity contribution in [2.24, 2.45) is 16.7 Å². The Labute approximate surface area is 251 Å². The normalized spacial score (nSPS) is 22.8. The van der Waals surface area contributed by atoms with E-state index in [1.807, 2.05) is 67.6 Å². The maximum atomic E-state index is 13.1. The highest BCUT2D eigenvalue weighted by Gasteiger charge is 2.52. The van der Waals surface area contributed by atoms with Crippen molar-refractivity contribution in [1.29, 1.82) is 0 Å². The lowest BCUT2D eigenvalue weighted by molar-refractivity contribution is -0.114. The van der Waals surface area contributed by atoms with Gasteiger partial charge in [-0.3, -0.25) is 4.79 Å². The highest BCUT2D eigenvalue weighted by molar-refractivity contribution is 6.01. The van der Waals surface area contributed by atoms with Gasteiger partial charge in [-0.1, -0.05) is 123 Å². The van der Waals surface area contributed by atoms with Gasteiger partial charge in [0, 0.05) is 29.4 Å². The van der Waals surface area contributed by atoms with Crippen LogP contribution in [0.2, 0.25) is 0 Å². The molecule has 0 aromatic heterocycles. The zero-order chi connectivity index (χ0) is 30.0. The van der Waals surface area contributed by atoms with Crippen molar-refractivity contribution >= 4 is 5.78 Å². The first kappa shape index (κ1) is 29.9.